The summed E-state index contributed by atoms with van der Waals surface area (Å²) in [6, 6.07) is 3.47. The summed E-state index contributed by atoms with van der Waals surface area (Å²) in [6.07, 6.45) is 4.58. The van der Waals surface area contributed by atoms with Gasteiger partial charge in [-0.2, -0.15) is 0 Å². The molecule has 1 aromatic rings. The van der Waals surface area contributed by atoms with Crippen molar-refractivity contribution in [1.29, 1.82) is 0 Å². The second-order valence-electron chi connectivity index (χ2n) is 2.97. The van der Waals surface area contributed by atoms with E-state index in [1.807, 2.05) is 0 Å². The topological polar surface area (TPSA) is 68.5 Å². The summed E-state index contributed by atoms with van der Waals surface area (Å²) in [4.78, 5) is 21.9. The fraction of sp³-hybridized carbons (Fsp3) is 0.273. The third kappa shape index (κ3) is 4.45. The van der Waals surface area contributed by atoms with Crippen molar-refractivity contribution < 1.29 is 18.7 Å². The molecule has 0 aliphatic carbocycles. The minimum atomic E-state index is -0.352. The van der Waals surface area contributed by atoms with Crippen LogP contribution >= 0.6 is 0 Å². The van der Waals surface area contributed by atoms with Crippen molar-refractivity contribution >= 4 is 18.0 Å². The number of ether oxygens (including phenoxy) is 1. The van der Waals surface area contributed by atoms with E-state index in [9.17, 15) is 9.59 Å². The first-order valence-electron chi connectivity index (χ1n) is 4.78. The van der Waals surface area contributed by atoms with Gasteiger partial charge in [0.1, 0.15) is 5.76 Å². The molecule has 0 aromatic carbocycles. The average molecular weight is 223 g/mol. The van der Waals surface area contributed by atoms with E-state index in [0.717, 1.165) is 0 Å². The van der Waals surface area contributed by atoms with Crippen LogP contribution in [0.1, 0.15) is 12.2 Å². The van der Waals surface area contributed by atoms with Crippen molar-refractivity contribution in [2.75, 3.05) is 13.7 Å². The van der Waals surface area contributed by atoms with E-state index >= 15 is 0 Å². The Hall–Kier alpha value is -2.04. The number of hydrogen-bond donors (Lipinski definition) is 1. The molecule has 1 aromatic heterocycles. The molecule has 0 unspecified atom stereocenters. The monoisotopic (exact) mass is 223 g/mol. The summed E-state index contributed by atoms with van der Waals surface area (Å²) in [5, 5.41) is 2.54. The Morgan fingerprint density at radius 2 is 2.38 bits per heavy atom. The van der Waals surface area contributed by atoms with Crippen LogP contribution in [0.2, 0.25) is 0 Å². The average Bonchev–Trinajstić information content (AvgIpc) is 2.79. The molecule has 0 radical (unpaired) electrons. The third-order valence-electron chi connectivity index (χ3n) is 1.80. The number of furan rings is 1. The Labute approximate surface area is 93.1 Å². The quantitative estimate of drug-likeness (QED) is 0.596. The van der Waals surface area contributed by atoms with E-state index < -0.39 is 0 Å². The van der Waals surface area contributed by atoms with Gasteiger partial charge in [-0.25, -0.2) is 0 Å². The maximum atomic E-state index is 11.2. The van der Waals surface area contributed by atoms with Gasteiger partial charge in [-0.1, -0.05) is 0 Å². The SMILES string of the molecule is COC(=O)CCNC(=O)/C=C\c1ccco1. The van der Waals surface area contributed by atoms with E-state index in [-0.39, 0.29) is 24.8 Å². The molecule has 1 amide bonds. The summed E-state index contributed by atoms with van der Waals surface area (Å²) in [5.41, 5.74) is 0. The highest BCUT2D eigenvalue weighted by molar-refractivity contribution is 5.91. The molecule has 86 valence electrons. The van der Waals surface area contributed by atoms with Crippen molar-refractivity contribution in [1.82, 2.24) is 5.32 Å². The van der Waals surface area contributed by atoms with Gasteiger partial charge in [-0.05, 0) is 18.2 Å². The maximum absolute atomic E-state index is 11.2. The summed E-state index contributed by atoms with van der Waals surface area (Å²) in [6.45, 7) is 0.258. The smallest absolute Gasteiger partial charge is 0.307 e. The summed E-state index contributed by atoms with van der Waals surface area (Å²) >= 11 is 0. The van der Waals surface area contributed by atoms with Crippen LogP contribution in [0.5, 0.6) is 0 Å². The highest BCUT2D eigenvalue weighted by Crippen LogP contribution is 2.01. The van der Waals surface area contributed by atoms with Crippen LogP contribution in [0.25, 0.3) is 6.08 Å². The Morgan fingerprint density at radius 1 is 1.56 bits per heavy atom. The lowest BCUT2D eigenvalue weighted by molar-refractivity contribution is -0.140. The van der Waals surface area contributed by atoms with Crippen LogP contribution in [0.3, 0.4) is 0 Å². The van der Waals surface area contributed by atoms with Crippen LogP contribution in [-0.2, 0) is 14.3 Å². The Balaban J connectivity index is 2.23. The predicted octanol–water partition coefficient (Wildman–Crippen LogP) is 0.972. The van der Waals surface area contributed by atoms with Gasteiger partial charge in [-0.3, -0.25) is 9.59 Å². The number of amides is 1. The predicted molar refractivity (Wildman–Crippen MR) is 57.4 cm³/mol. The standard InChI is InChI=1S/C11H13NO4/c1-15-11(14)6-7-12-10(13)5-4-9-3-2-8-16-9/h2-5,8H,6-7H2,1H3,(H,12,13)/b5-4-. The number of hydrogen-bond acceptors (Lipinski definition) is 4. The molecule has 1 rings (SSSR count). The molecule has 5 nitrogen and oxygen atoms in total. The molecule has 1 N–H and O–H groups in total. The largest absolute Gasteiger partial charge is 0.469 e. The molecule has 0 spiro atoms. The third-order valence-corrected chi connectivity index (χ3v) is 1.80. The lowest BCUT2D eigenvalue weighted by atomic mass is 10.3. The van der Waals surface area contributed by atoms with Crippen molar-refractivity contribution in [3.63, 3.8) is 0 Å². The number of methoxy groups -OCH3 is 1. The van der Waals surface area contributed by atoms with E-state index in [1.165, 1.54) is 19.4 Å². The fourth-order valence-corrected chi connectivity index (χ4v) is 0.993. The van der Waals surface area contributed by atoms with Crippen LogP contribution in [0.15, 0.2) is 28.9 Å². The molecule has 0 aliphatic rings. The van der Waals surface area contributed by atoms with Gasteiger partial charge in [0.15, 0.2) is 0 Å². The van der Waals surface area contributed by atoms with Crippen LogP contribution in [0.4, 0.5) is 0 Å². The minimum absolute atomic E-state index is 0.164. The van der Waals surface area contributed by atoms with Crippen LogP contribution in [0, 0.1) is 0 Å². The highest BCUT2D eigenvalue weighted by atomic mass is 16.5. The van der Waals surface area contributed by atoms with Crippen molar-refractivity contribution in [3.05, 3.63) is 30.2 Å². The summed E-state index contributed by atoms with van der Waals surface area (Å²) < 4.78 is 9.43. The molecule has 0 fully saturated rings. The van der Waals surface area contributed by atoms with E-state index in [2.05, 4.69) is 10.1 Å². The summed E-state index contributed by atoms with van der Waals surface area (Å²) in [5.74, 6) is -0.0289. The molecule has 1 heterocycles. The Bertz CT molecular complexity index is 367. The zero-order valence-electron chi connectivity index (χ0n) is 8.93. The first kappa shape index (κ1) is 12.0. The lowest BCUT2D eigenvalue weighted by Gasteiger charge is -2.00. The Morgan fingerprint density at radius 3 is 3.00 bits per heavy atom. The van der Waals surface area contributed by atoms with Crippen molar-refractivity contribution in [2.45, 2.75) is 6.42 Å². The molecule has 0 saturated heterocycles. The molecule has 5 heteroatoms. The summed E-state index contributed by atoms with van der Waals surface area (Å²) in [7, 11) is 1.31. The van der Waals surface area contributed by atoms with Gasteiger partial charge >= 0.3 is 5.97 Å². The highest BCUT2D eigenvalue weighted by Gasteiger charge is 2.00. The van der Waals surface area contributed by atoms with E-state index in [1.54, 1.807) is 18.2 Å². The van der Waals surface area contributed by atoms with Crippen molar-refractivity contribution in [2.24, 2.45) is 0 Å². The zero-order valence-corrected chi connectivity index (χ0v) is 8.93. The normalized spacial score (nSPS) is 10.3. The second-order valence-corrected chi connectivity index (χ2v) is 2.97. The first-order valence-corrected chi connectivity index (χ1v) is 4.78. The molecular formula is C11H13NO4. The molecule has 16 heavy (non-hydrogen) atoms. The second kappa shape index (κ2) is 6.44. The Kier molecular flexibility index (Phi) is 4.85. The van der Waals surface area contributed by atoms with E-state index in [4.69, 9.17) is 4.42 Å². The maximum Gasteiger partial charge on any atom is 0.307 e. The van der Waals surface area contributed by atoms with Gasteiger partial charge in [0.05, 0.1) is 19.8 Å². The number of carbonyl (C=O) groups is 2. The molecule has 0 atom stereocenters. The zero-order chi connectivity index (χ0) is 11.8. The first-order chi connectivity index (χ1) is 7.72. The number of carbonyl (C=O) groups excluding carboxylic acids is 2. The van der Waals surface area contributed by atoms with Crippen LogP contribution in [-0.4, -0.2) is 25.5 Å². The van der Waals surface area contributed by atoms with Crippen LogP contribution < -0.4 is 5.32 Å². The molecule has 0 aliphatic heterocycles. The van der Waals surface area contributed by atoms with Gasteiger partial charge in [0, 0.05) is 12.6 Å². The fourth-order valence-electron chi connectivity index (χ4n) is 0.993. The molecular weight excluding hydrogens is 210 g/mol. The van der Waals surface area contributed by atoms with Gasteiger partial charge in [0.2, 0.25) is 5.91 Å². The lowest BCUT2D eigenvalue weighted by Crippen LogP contribution is -2.24. The minimum Gasteiger partial charge on any atom is -0.469 e. The van der Waals surface area contributed by atoms with E-state index in [0.29, 0.717) is 5.76 Å². The molecule has 0 bridgehead atoms. The van der Waals surface area contributed by atoms with Crippen molar-refractivity contribution in [3.8, 4) is 0 Å². The number of nitrogens with one attached hydrogen (secondary N) is 1. The van der Waals surface area contributed by atoms with Gasteiger partial charge in [0.25, 0.3) is 0 Å². The van der Waals surface area contributed by atoms with Gasteiger partial charge < -0.3 is 14.5 Å². The molecule has 0 saturated carbocycles. The number of rotatable bonds is 5. The van der Waals surface area contributed by atoms with Gasteiger partial charge in [-0.15, -0.1) is 0 Å². The number of esters is 1.